The van der Waals surface area contributed by atoms with Gasteiger partial charge in [-0.25, -0.2) is 28.8 Å². The Morgan fingerprint density at radius 2 is 2.04 bits per heavy atom. The topological polar surface area (TPSA) is 106 Å². The van der Waals surface area contributed by atoms with Crippen molar-refractivity contribution >= 4 is 21.1 Å². The summed E-state index contributed by atoms with van der Waals surface area (Å²) in [5, 5.41) is 0. The number of hydrogen-bond acceptors (Lipinski definition) is 6. The van der Waals surface area contributed by atoms with E-state index in [1.54, 1.807) is 10.6 Å². The van der Waals surface area contributed by atoms with Crippen molar-refractivity contribution < 1.29 is 13.2 Å². The minimum Gasteiger partial charge on any atom is -0.324 e. The van der Waals surface area contributed by atoms with E-state index in [9.17, 15) is 13.2 Å². The SMILES string of the molecule is CCn1c(=O)n(C2NNC(C)O2)c2cc(S(=O)(=O)NC3(C)CC3)ccc21. The Morgan fingerprint density at radius 3 is 2.62 bits per heavy atom. The van der Waals surface area contributed by atoms with E-state index in [1.165, 1.54) is 16.7 Å². The van der Waals surface area contributed by atoms with E-state index < -0.39 is 16.4 Å². The number of hydrogen-bond donors (Lipinski definition) is 3. The molecule has 2 unspecified atom stereocenters. The van der Waals surface area contributed by atoms with Gasteiger partial charge in [0.15, 0.2) is 0 Å². The highest BCUT2D eigenvalue weighted by Gasteiger charge is 2.41. The Labute approximate surface area is 151 Å². The van der Waals surface area contributed by atoms with Gasteiger partial charge in [0.05, 0.1) is 15.9 Å². The van der Waals surface area contributed by atoms with Crippen LogP contribution in [0.5, 0.6) is 0 Å². The van der Waals surface area contributed by atoms with Crippen molar-refractivity contribution in [2.75, 3.05) is 0 Å². The molecule has 9 nitrogen and oxygen atoms in total. The summed E-state index contributed by atoms with van der Waals surface area (Å²) in [4.78, 5) is 13.0. The number of nitrogens with one attached hydrogen (secondary N) is 3. The van der Waals surface area contributed by atoms with Crippen molar-refractivity contribution in [3.8, 4) is 0 Å². The van der Waals surface area contributed by atoms with Crippen molar-refractivity contribution in [3.63, 3.8) is 0 Å². The lowest BCUT2D eigenvalue weighted by atomic mass is 10.3. The molecule has 4 rings (SSSR count). The highest BCUT2D eigenvalue weighted by Crippen LogP contribution is 2.36. The van der Waals surface area contributed by atoms with Crippen LogP contribution < -0.4 is 21.3 Å². The average Bonchev–Trinajstić information content (AvgIpc) is 3.01. The fraction of sp³-hybridized carbons (Fsp3) is 0.562. The van der Waals surface area contributed by atoms with Crippen molar-refractivity contribution in [1.82, 2.24) is 24.7 Å². The summed E-state index contributed by atoms with van der Waals surface area (Å²) in [5.41, 5.74) is 6.37. The fourth-order valence-corrected chi connectivity index (χ4v) is 4.69. The van der Waals surface area contributed by atoms with Crippen LogP contribution in [0.2, 0.25) is 0 Å². The highest BCUT2D eigenvalue weighted by molar-refractivity contribution is 7.89. The molecule has 1 saturated heterocycles. The number of aryl methyl sites for hydroxylation is 1. The lowest BCUT2D eigenvalue weighted by Gasteiger charge is -2.14. The molecule has 0 bridgehead atoms. The van der Waals surface area contributed by atoms with E-state index in [0.29, 0.717) is 17.6 Å². The van der Waals surface area contributed by atoms with Crippen LogP contribution in [0, 0.1) is 0 Å². The molecule has 1 aromatic carbocycles. The number of fused-ring (bicyclic) bond motifs is 1. The van der Waals surface area contributed by atoms with Gasteiger partial charge in [-0.2, -0.15) is 0 Å². The second-order valence-corrected chi connectivity index (χ2v) is 8.82. The van der Waals surface area contributed by atoms with Crippen molar-refractivity contribution in [3.05, 3.63) is 28.7 Å². The molecule has 1 aliphatic carbocycles. The zero-order chi connectivity index (χ0) is 18.7. The summed E-state index contributed by atoms with van der Waals surface area (Å²) < 4.78 is 36.9. The summed E-state index contributed by atoms with van der Waals surface area (Å²) in [7, 11) is -3.66. The molecule has 3 N–H and O–H groups in total. The number of benzene rings is 1. The first-order chi connectivity index (χ1) is 12.2. The molecule has 0 amide bonds. The van der Waals surface area contributed by atoms with Gasteiger partial charge in [-0.3, -0.25) is 9.13 Å². The molecular formula is C16H23N5O4S. The monoisotopic (exact) mass is 381 g/mol. The molecule has 26 heavy (non-hydrogen) atoms. The minimum absolute atomic E-state index is 0.138. The predicted molar refractivity (Wildman–Crippen MR) is 95.7 cm³/mol. The molecule has 0 spiro atoms. The Bertz CT molecular complexity index is 1020. The third kappa shape index (κ3) is 2.87. The van der Waals surface area contributed by atoms with Crippen LogP contribution in [-0.2, 0) is 21.3 Å². The van der Waals surface area contributed by atoms with Crippen LogP contribution in [0.25, 0.3) is 11.0 Å². The molecule has 1 aromatic heterocycles. The number of aromatic nitrogens is 2. The normalized spacial score (nSPS) is 25.0. The highest BCUT2D eigenvalue weighted by atomic mass is 32.2. The van der Waals surface area contributed by atoms with Crippen LogP contribution in [-0.4, -0.2) is 29.3 Å². The van der Waals surface area contributed by atoms with E-state index in [0.717, 1.165) is 12.8 Å². The maximum absolute atomic E-state index is 12.8. The second kappa shape index (κ2) is 5.89. The first kappa shape index (κ1) is 17.7. The molecule has 1 aliphatic heterocycles. The van der Waals surface area contributed by atoms with Crippen LogP contribution in [0.15, 0.2) is 27.9 Å². The molecule has 10 heteroatoms. The number of nitrogens with zero attached hydrogens (tertiary/aromatic N) is 2. The van der Waals surface area contributed by atoms with E-state index >= 15 is 0 Å². The quantitative estimate of drug-likeness (QED) is 0.700. The molecule has 142 valence electrons. The van der Waals surface area contributed by atoms with E-state index in [-0.39, 0.29) is 22.4 Å². The summed E-state index contributed by atoms with van der Waals surface area (Å²) in [6, 6.07) is 4.74. The molecule has 1 saturated carbocycles. The first-order valence-electron chi connectivity index (χ1n) is 8.69. The first-order valence-corrected chi connectivity index (χ1v) is 10.2. The predicted octanol–water partition coefficient (Wildman–Crippen LogP) is 0.580. The van der Waals surface area contributed by atoms with E-state index in [1.807, 2.05) is 20.8 Å². The lowest BCUT2D eigenvalue weighted by molar-refractivity contribution is 0.000877. The number of rotatable bonds is 5. The number of hydrazine groups is 1. The fourth-order valence-electron chi connectivity index (χ4n) is 3.21. The van der Waals surface area contributed by atoms with E-state index in [2.05, 4.69) is 15.6 Å². The van der Waals surface area contributed by atoms with Crippen molar-refractivity contribution in [1.29, 1.82) is 0 Å². The smallest absolute Gasteiger partial charge is 0.324 e. The van der Waals surface area contributed by atoms with Crippen LogP contribution in [0.4, 0.5) is 0 Å². The Kier molecular flexibility index (Phi) is 4.01. The molecule has 2 aliphatic rings. The largest absolute Gasteiger partial charge is 0.332 e. The van der Waals surface area contributed by atoms with Gasteiger partial charge in [-0.05, 0) is 51.8 Å². The van der Waals surface area contributed by atoms with Gasteiger partial charge in [0.1, 0.15) is 6.23 Å². The molecule has 0 radical (unpaired) electrons. The zero-order valence-corrected chi connectivity index (χ0v) is 15.8. The van der Waals surface area contributed by atoms with Crippen LogP contribution in [0.3, 0.4) is 0 Å². The van der Waals surface area contributed by atoms with Gasteiger partial charge < -0.3 is 4.74 Å². The average molecular weight is 381 g/mol. The number of ether oxygens (including phenoxy) is 1. The van der Waals surface area contributed by atoms with E-state index in [4.69, 9.17) is 4.74 Å². The van der Waals surface area contributed by atoms with Gasteiger partial charge in [0.25, 0.3) is 0 Å². The van der Waals surface area contributed by atoms with Crippen LogP contribution in [0.1, 0.15) is 40.0 Å². The lowest BCUT2D eigenvalue weighted by Crippen LogP contribution is -2.36. The number of sulfonamides is 1. The third-order valence-electron chi connectivity index (χ3n) is 4.92. The molecule has 2 fully saturated rings. The third-order valence-corrected chi connectivity index (χ3v) is 6.56. The molecular weight excluding hydrogens is 358 g/mol. The number of imidazole rings is 1. The van der Waals surface area contributed by atoms with Gasteiger partial charge in [-0.15, -0.1) is 0 Å². The van der Waals surface area contributed by atoms with Gasteiger partial charge >= 0.3 is 5.69 Å². The molecule has 2 aromatic rings. The zero-order valence-electron chi connectivity index (χ0n) is 14.9. The molecule has 2 atom stereocenters. The second-order valence-electron chi connectivity index (χ2n) is 7.13. The summed E-state index contributed by atoms with van der Waals surface area (Å²) in [6.45, 7) is 6.04. The van der Waals surface area contributed by atoms with Gasteiger partial charge in [-0.1, -0.05) is 0 Å². The summed E-state index contributed by atoms with van der Waals surface area (Å²) >= 11 is 0. The van der Waals surface area contributed by atoms with Crippen molar-refractivity contribution in [2.24, 2.45) is 0 Å². The van der Waals surface area contributed by atoms with Gasteiger partial charge in [0.2, 0.25) is 16.4 Å². The summed E-state index contributed by atoms with van der Waals surface area (Å²) in [6.07, 6.45) is 0.679. The molecule has 2 heterocycles. The Morgan fingerprint density at radius 1 is 1.31 bits per heavy atom. The Balaban J connectivity index is 1.85. The maximum atomic E-state index is 12.8. The Hall–Kier alpha value is -1.72. The summed E-state index contributed by atoms with van der Waals surface area (Å²) in [5.74, 6) is 0. The van der Waals surface area contributed by atoms with Gasteiger partial charge in [0, 0.05) is 12.1 Å². The minimum atomic E-state index is -3.66. The standard InChI is InChI=1S/C16H23N5O4S/c1-4-20-12-6-5-11(26(23,24)19-16(3)7-8-16)9-13(12)21(15(20)22)14-18-17-10(2)25-14/h5-6,9-10,14,17-19H,4,7-8H2,1-3H3. The maximum Gasteiger partial charge on any atom is 0.332 e. The van der Waals surface area contributed by atoms with Crippen LogP contribution >= 0.6 is 0 Å². The van der Waals surface area contributed by atoms with Crippen molar-refractivity contribution in [2.45, 2.75) is 63.2 Å².